The van der Waals surface area contributed by atoms with E-state index in [1.165, 1.54) is 0 Å². The third-order valence-corrected chi connectivity index (χ3v) is 2.99. The summed E-state index contributed by atoms with van der Waals surface area (Å²) in [5.74, 6) is 0.775. The van der Waals surface area contributed by atoms with Crippen LogP contribution < -0.4 is 5.73 Å². The molecular weight excluding hydrogens is 240 g/mol. The van der Waals surface area contributed by atoms with Crippen LogP contribution in [0, 0.1) is 0 Å². The average molecular weight is 258 g/mol. The van der Waals surface area contributed by atoms with Crippen molar-refractivity contribution < 1.29 is 4.79 Å². The lowest BCUT2D eigenvalue weighted by molar-refractivity contribution is -0.130. The van der Waals surface area contributed by atoms with Crippen molar-refractivity contribution in [2.24, 2.45) is 5.73 Å². The molecule has 1 aromatic carbocycles. The summed E-state index contributed by atoms with van der Waals surface area (Å²) < 4.78 is 0. The smallest absolute Gasteiger partial charge is 0.224 e. The van der Waals surface area contributed by atoms with Gasteiger partial charge in [0.15, 0.2) is 0 Å². The van der Waals surface area contributed by atoms with E-state index in [2.05, 4.69) is 9.97 Å². The Balaban J connectivity index is 1.90. The molecule has 0 fully saturated rings. The fourth-order valence-electron chi connectivity index (χ4n) is 1.86. The Hall–Kier alpha value is -2.14. The summed E-state index contributed by atoms with van der Waals surface area (Å²) in [6, 6.07) is 9.38. The first kappa shape index (κ1) is 13.3. The van der Waals surface area contributed by atoms with Crippen molar-refractivity contribution in [3.05, 3.63) is 54.1 Å². The number of hydrogen-bond donors (Lipinski definition) is 2. The number of aromatic nitrogens is 2. The van der Waals surface area contributed by atoms with E-state index in [4.69, 9.17) is 5.73 Å². The van der Waals surface area contributed by atoms with Gasteiger partial charge < -0.3 is 15.6 Å². The predicted octanol–water partition coefficient (Wildman–Crippen LogP) is 1.46. The summed E-state index contributed by atoms with van der Waals surface area (Å²) in [6.07, 6.45) is 3.70. The first-order valence-corrected chi connectivity index (χ1v) is 6.19. The number of imidazole rings is 1. The molecule has 0 spiro atoms. The van der Waals surface area contributed by atoms with E-state index < -0.39 is 0 Å². The fraction of sp³-hybridized carbons (Fsp3) is 0.286. The second-order valence-corrected chi connectivity index (χ2v) is 4.51. The van der Waals surface area contributed by atoms with Crippen LogP contribution in [0.3, 0.4) is 0 Å². The second kappa shape index (κ2) is 6.15. The summed E-state index contributed by atoms with van der Waals surface area (Å²) in [6.45, 7) is 0.466. The van der Waals surface area contributed by atoms with Crippen molar-refractivity contribution in [1.82, 2.24) is 14.9 Å². The number of carbonyl (C=O) groups excluding carboxylic acids is 1. The Kier molecular flexibility index (Phi) is 4.30. The number of rotatable bonds is 5. The van der Waals surface area contributed by atoms with Crippen molar-refractivity contribution >= 4 is 5.91 Å². The highest BCUT2D eigenvalue weighted by Crippen LogP contribution is 2.14. The summed E-state index contributed by atoms with van der Waals surface area (Å²) in [4.78, 5) is 20.8. The molecule has 100 valence electrons. The fourth-order valence-corrected chi connectivity index (χ4v) is 1.86. The van der Waals surface area contributed by atoms with Crippen molar-refractivity contribution in [3.63, 3.8) is 0 Å². The van der Waals surface area contributed by atoms with Crippen LogP contribution in [0.2, 0.25) is 0 Å². The van der Waals surface area contributed by atoms with E-state index >= 15 is 0 Å². The second-order valence-electron chi connectivity index (χ2n) is 4.51. The van der Waals surface area contributed by atoms with Crippen LogP contribution in [0.4, 0.5) is 0 Å². The maximum atomic E-state index is 12.1. The molecule has 5 heteroatoms. The minimum Gasteiger partial charge on any atom is -0.347 e. The van der Waals surface area contributed by atoms with Gasteiger partial charge in [-0.3, -0.25) is 4.79 Å². The molecule has 0 aliphatic carbocycles. The van der Waals surface area contributed by atoms with E-state index in [9.17, 15) is 4.79 Å². The van der Waals surface area contributed by atoms with Crippen molar-refractivity contribution in [2.45, 2.75) is 19.0 Å². The van der Waals surface area contributed by atoms with Gasteiger partial charge in [-0.05, 0) is 5.56 Å². The van der Waals surface area contributed by atoms with Gasteiger partial charge in [0.25, 0.3) is 0 Å². The van der Waals surface area contributed by atoms with Crippen molar-refractivity contribution in [3.8, 4) is 0 Å². The largest absolute Gasteiger partial charge is 0.347 e. The van der Waals surface area contributed by atoms with Gasteiger partial charge in [0.05, 0.1) is 6.54 Å². The molecule has 1 atom stereocenters. The molecule has 1 amide bonds. The first-order chi connectivity index (χ1) is 9.16. The van der Waals surface area contributed by atoms with Gasteiger partial charge in [0.2, 0.25) is 5.91 Å². The zero-order chi connectivity index (χ0) is 13.7. The SMILES string of the molecule is CN(Cc1ncc[nH]1)C(=O)CC(N)c1ccccc1. The maximum absolute atomic E-state index is 12.1. The summed E-state index contributed by atoms with van der Waals surface area (Å²) >= 11 is 0. The lowest BCUT2D eigenvalue weighted by atomic mass is 10.0. The number of carbonyl (C=O) groups is 1. The number of H-pyrrole nitrogens is 1. The molecule has 0 saturated carbocycles. The van der Waals surface area contributed by atoms with Crippen LogP contribution in [0.1, 0.15) is 23.9 Å². The lowest BCUT2D eigenvalue weighted by Gasteiger charge is -2.18. The molecular formula is C14H18N4O. The van der Waals surface area contributed by atoms with E-state index in [0.29, 0.717) is 13.0 Å². The molecule has 5 nitrogen and oxygen atoms in total. The molecule has 0 aliphatic rings. The third kappa shape index (κ3) is 3.66. The Morgan fingerprint density at radius 1 is 1.42 bits per heavy atom. The van der Waals surface area contributed by atoms with Crippen LogP contribution in [0.15, 0.2) is 42.7 Å². The summed E-state index contributed by atoms with van der Waals surface area (Å²) in [5, 5.41) is 0. The van der Waals surface area contributed by atoms with E-state index in [-0.39, 0.29) is 11.9 Å². The topological polar surface area (TPSA) is 75.0 Å². The minimum atomic E-state index is -0.271. The number of amides is 1. The number of aromatic amines is 1. The maximum Gasteiger partial charge on any atom is 0.224 e. The highest BCUT2D eigenvalue weighted by atomic mass is 16.2. The van der Waals surface area contributed by atoms with Gasteiger partial charge in [-0.1, -0.05) is 30.3 Å². The molecule has 1 heterocycles. The summed E-state index contributed by atoms with van der Waals surface area (Å²) in [7, 11) is 1.75. The van der Waals surface area contributed by atoms with Gasteiger partial charge >= 0.3 is 0 Å². The highest BCUT2D eigenvalue weighted by Gasteiger charge is 2.15. The molecule has 0 radical (unpaired) electrons. The average Bonchev–Trinajstić information content (AvgIpc) is 2.92. The normalized spacial score (nSPS) is 12.1. The van der Waals surface area contributed by atoms with Gasteiger partial charge in [-0.2, -0.15) is 0 Å². The van der Waals surface area contributed by atoms with E-state index in [1.54, 1.807) is 24.3 Å². The van der Waals surface area contributed by atoms with Crippen LogP contribution in [0.25, 0.3) is 0 Å². The molecule has 3 N–H and O–H groups in total. The standard InChI is InChI=1S/C14H18N4O/c1-18(10-13-16-7-8-17-13)14(19)9-12(15)11-5-3-2-4-6-11/h2-8,12H,9-10,15H2,1H3,(H,16,17). The van der Waals surface area contributed by atoms with Gasteiger partial charge in [0.1, 0.15) is 5.82 Å². The number of nitrogens with two attached hydrogens (primary N) is 1. The third-order valence-electron chi connectivity index (χ3n) is 2.99. The number of benzene rings is 1. The van der Waals surface area contributed by atoms with E-state index in [0.717, 1.165) is 11.4 Å². The van der Waals surface area contributed by atoms with Gasteiger partial charge in [0, 0.05) is 31.9 Å². The van der Waals surface area contributed by atoms with Crippen molar-refractivity contribution in [1.29, 1.82) is 0 Å². The molecule has 2 aromatic rings. The molecule has 2 rings (SSSR count). The minimum absolute atomic E-state index is 0.00718. The Morgan fingerprint density at radius 2 is 2.16 bits per heavy atom. The lowest BCUT2D eigenvalue weighted by Crippen LogP contribution is -2.29. The van der Waals surface area contributed by atoms with E-state index in [1.807, 2.05) is 30.3 Å². The first-order valence-electron chi connectivity index (χ1n) is 6.19. The molecule has 19 heavy (non-hydrogen) atoms. The van der Waals surface area contributed by atoms with Crippen LogP contribution >= 0.6 is 0 Å². The van der Waals surface area contributed by atoms with Crippen LogP contribution in [0.5, 0.6) is 0 Å². The van der Waals surface area contributed by atoms with Crippen LogP contribution in [-0.4, -0.2) is 27.8 Å². The quantitative estimate of drug-likeness (QED) is 0.852. The summed E-state index contributed by atoms with van der Waals surface area (Å²) in [5.41, 5.74) is 7.01. The Morgan fingerprint density at radius 3 is 2.79 bits per heavy atom. The number of nitrogens with zero attached hydrogens (tertiary/aromatic N) is 2. The predicted molar refractivity (Wildman–Crippen MR) is 73.0 cm³/mol. The Labute approximate surface area is 112 Å². The molecule has 0 aliphatic heterocycles. The van der Waals surface area contributed by atoms with Gasteiger partial charge in [-0.25, -0.2) is 4.98 Å². The van der Waals surface area contributed by atoms with Crippen molar-refractivity contribution in [2.75, 3.05) is 7.05 Å². The highest BCUT2D eigenvalue weighted by molar-refractivity contribution is 5.76. The molecule has 1 unspecified atom stereocenters. The molecule has 0 saturated heterocycles. The van der Waals surface area contributed by atoms with Gasteiger partial charge in [-0.15, -0.1) is 0 Å². The Bertz CT molecular complexity index is 510. The zero-order valence-electron chi connectivity index (χ0n) is 10.9. The zero-order valence-corrected chi connectivity index (χ0v) is 10.9. The monoisotopic (exact) mass is 258 g/mol. The number of nitrogens with one attached hydrogen (secondary N) is 1. The molecule has 0 bridgehead atoms. The number of hydrogen-bond acceptors (Lipinski definition) is 3. The molecule has 1 aromatic heterocycles. The van der Waals surface area contributed by atoms with Crippen LogP contribution in [-0.2, 0) is 11.3 Å².